The second-order valence-electron chi connectivity index (χ2n) is 9.38. The third-order valence-electron chi connectivity index (χ3n) is 6.82. The van der Waals surface area contributed by atoms with Crippen molar-refractivity contribution in [2.24, 2.45) is 15.8 Å². The van der Waals surface area contributed by atoms with Gasteiger partial charge in [0, 0.05) is 51.4 Å². The zero-order chi connectivity index (χ0) is 25.2. The molecule has 1 aliphatic carbocycles. The molecule has 1 saturated heterocycles. The van der Waals surface area contributed by atoms with E-state index in [4.69, 9.17) is 15.5 Å². The molecule has 1 amide bonds. The molecular weight excluding hydrogens is 461 g/mol. The van der Waals surface area contributed by atoms with Crippen molar-refractivity contribution in [3.8, 4) is 0 Å². The standard InChI is InChI=1S/C26H32FN7O2/c1-32-16-21(18-9-10-19(20(27)15-18)25(35)34-13-11-29-12-14-34)30-22(23(32)28)26-33(2)31-24(36-26)17-7-5-3-4-6-8-17/h3,5,7,9-10,15,26,29H,4,6,8,11-14,16,28H2,1-2H3. The van der Waals surface area contributed by atoms with Gasteiger partial charge in [-0.15, -0.1) is 5.10 Å². The second-order valence-corrected chi connectivity index (χ2v) is 9.38. The van der Waals surface area contributed by atoms with E-state index in [9.17, 15) is 4.79 Å². The normalized spacial score (nSPS) is 22.7. The Bertz CT molecular complexity index is 1200. The third kappa shape index (κ3) is 4.73. The van der Waals surface area contributed by atoms with Crippen molar-refractivity contribution in [2.45, 2.75) is 25.5 Å². The number of carbonyl (C=O) groups excluding carboxylic acids is 1. The highest BCUT2D eigenvalue weighted by Gasteiger charge is 2.35. The highest BCUT2D eigenvalue weighted by atomic mass is 19.1. The van der Waals surface area contributed by atoms with Gasteiger partial charge in [-0.05, 0) is 31.4 Å². The summed E-state index contributed by atoms with van der Waals surface area (Å²) in [6.07, 6.45) is 8.56. The minimum atomic E-state index is -0.593. The number of carbonyl (C=O) groups is 1. The molecule has 190 valence electrons. The van der Waals surface area contributed by atoms with Gasteiger partial charge in [-0.25, -0.2) is 9.38 Å². The van der Waals surface area contributed by atoms with E-state index in [2.05, 4.69) is 16.5 Å². The van der Waals surface area contributed by atoms with Gasteiger partial charge in [-0.2, -0.15) is 0 Å². The van der Waals surface area contributed by atoms with E-state index in [1.54, 1.807) is 22.0 Å². The van der Waals surface area contributed by atoms with E-state index in [0.717, 1.165) is 24.8 Å². The molecule has 9 nitrogen and oxygen atoms in total. The first-order chi connectivity index (χ1) is 17.4. The largest absolute Gasteiger partial charge is 0.445 e. The van der Waals surface area contributed by atoms with Gasteiger partial charge in [0.15, 0.2) is 0 Å². The molecule has 10 heteroatoms. The number of piperazine rings is 1. The maximum atomic E-state index is 15.1. The zero-order valence-corrected chi connectivity index (χ0v) is 20.7. The number of hydrogen-bond donors (Lipinski definition) is 2. The fourth-order valence-electron chi connectivity index (χ4n) is 4.71. The number of allylic oxidation sites excluding steroid dienone is 3. The van der Waals surface area contributed by atoms with Gasteiger partial charge in [-0.3, -0.25) is 9.80 Å². The Balaban J connectivity index is 1.38. The van der Waals surface area contributed by atoms with E-state index < -0.39 is 12.0 Å². The van der Waals surface area contributed by atoms with Crippen LogP contribution in [0.4, 0.5) is 4.39 Å². The smallest absolute Gasteiger partial charge is 0.256 e. The predicted molar refractivity (Wildman–Crippen MR) is 137 cm³/mol. The Kier molecular flexibility index (Phi) is 6.77. The number of aliphatic imine (C=N–C) groups is 1. The summed E-state index contributed by atoms with van der Waals surface area (Å²) in [6.45, 7) is 2.96. The van der Waals surface area contributed by atoms with Crippen LogP contribution in [0.3, 0.4) is 0 Å². The average molecular weight is 494 g/mol. The van der Waals surface area contributed by atoms with Crippen LogP contribution in [0.15, 0.2) is 63.6 Å². The van der Waals surface area contributed by atoms with Gasteiger partial charge >= 0.3 is 0 Å². The summed E-state index contributed by atoms with van der Waals surface area (Å²) < 4.78 is 21.3. The molecular formula is C26H32FN7O2. The number of nitrogens with one attached hydrogen (secondary N) is 1. The minimum absolute atomic E-state index is 0.0725. The summed E-state index contributed by atoms with van der Waals surface area (Å²) in [5.74, 6) is 0.203. The number of hydrogen-bond acceptors (Lipinski definition) is 8. The van der Waals surface area contributed by atoms with Gasteiger partial charge in [0.1, 0.15) is 17.3 Å². The van der Waals surface area contributed by atoms with Crippen LogP contribution in [0.2, 0.25) is 0 Å². The quantitative estimate of drug-likeness (QED) is 0.666. The molecule has 1 aromatic carbocycles. The molecule has 1 atom stereocenters. The Morgan fingerprint density at radius 3 is 2.83 bits per heavy atom. The number of rotatable bonds is 4. The lowest BCUT2D eigenvalue weighted by Gasteiger charge is -2.30. The maximum Gasteiger partial charge on any atom is 0.256 e. The van der Waals surface area contributed by atoms with E-state index in [1.807, 2.05) is 31.1 Å². The van der Waals surface area contributed by atoms with Crippen molar-refractivity contribution in [3.05, 3.63) is 70.5 Å². The van der Waals surface area contributed by atoms with Crippen molar-refractivity contribution in [3.63, 3.8) is 0 Å². The monoisotopic (exact) mass is 493 g/mol. The van der Waals surface area contributed by atoms with Crippen molar-refractivity contribution >= 4 is 17.5 Å². The van der Waals surface area contributed by atoms with Crippen LogP contribution in [-0.2, 0) is 4.74 Å². The Hall–Kier alpha value is -3.66. The first-order valence-electron chi connectivity index (χ1n) is 12.3. The lowest BCUT2D eigenvalue weighted by molar-refractivity contribution is 0.0731. The summed E-state index contributed by atoms with van der Waals surface area (Å²) >= 11 is 0. The molecule has 4 aliphatic rings. The lowest BCUT2D eigenvalue weighted by Crippen LogP contribution is -2.46. The highest BCUT2D eigenvalue weighted by molar-refractivity contribution is 6.04. The summed E-state index contributed by atoms with van der Waals surface area (Å²) in [4.78, 5) is 21.1. The molecule has 3 heterocycles. The molecule has 0 saturated carbocycles. The minimum Gasteiger partial charge on any atom is -0.445 e. The number of benzene rings is 1. The zero-order valence-electron chi connectivity index (χ0n) is 20.7. The predicted octanol–water partition coefficient (Wildman–Crippen LogP) is 2.00. The van der Waals surface area contributed by atoms with Gasteiger partial charge in [0.2, 0.25) is 12.1 Å². The first-order valence-corrected chi connectivity index (χ1v) is 12.3. The van der Waals surface area contributed by atoms with E-state index in [1.165, 1.54) is 6.07 Å². The second kappa shape index (κ2) is 10.1. The van der Waals surface area contributed by atoms with Crippen LogP contribution in [0, 0.1) is 5.82 Å². The van der Waals surface area contributed by atoms with Crippen LogP contribution in [-0.4, -0.2) is 85.4 Å². The molecule has 1 fully saturated rings. The van der Waals surface area contributed by atoms with Crippen molar-refractivity contribution < 1.29 is 13.9 Å². The molecule has 1 aromatic rings. The molecule has 5 rings (SSSR count). The summed E-state index contributed by atoms with van der Waals surface area (Å²) in [5.41, 5.74) is 9.29. The van der Waals surface area contributed by atoms with E-state index >= 15 is 4.39 Å². The number of nitrogens with two attached hydrogens (primary N) is 1. The number of likely N-dealkylation sites (N-methyl/N-ethyl adjacent to an activating group) is 2. The number of nitrogens with zero attached hydrogens (tertiary/aromatic N) is 5. The van der Waals surface area contributed by atoms with Crippen molar-refractivity contribution in [2.75, 3.05) is 46.8 Å². The summed E-state index contributed by atoms with van der Waals surface area (Å²) in [5, 5.41) is 9.51. The Morgan fingerprint density at radius 2 is 2.06 bits per heavy atom. The van der Waals surface area contributed by atoms with Crippen molar-refractivity contribution in [1.29, 1.82) is 0 Å². The van der Waals surface area contributed by atoms with E-state index in [-0.39, 0.29) is 11.5 Å². The molecule has 36 heavy (non-hydrogen) atoms. The SMILES string of the molecule is CN1CC(c2ccc(C(=O)N3CCNCC3)c(F)c2)=NC(C2OC(C3=CC=CCCC3)=NN2C)=C1N. The molecule has 0 spiro atoms. The van der Waals surface area contributed by atoms with Crippen LogP contribution >= 0.6 is 0 Å². The topological polar surface area (TPSA) is 98.8 Å². The fraction of sp³-hybridized carbons (Fsp3) is 0.423. The molecule has 3 N–H and O–H groups in total. The van der Waals surface area contributed by atoms with Gasteiger partial charge < -0.3 is 25.6 Å². The number of hydrazone groups is 1. The van der Waals surface area contributed by atoms with Gasteiger partial charge in [-0.1, -0.05) is 24.3 Å². The van der Waals surface area contributed by atoms with Gasteiger partial charge in [0.05, 0.1) is 17.8 Å². The summed E-state index contributed by atoms with van der Waals surface area (Å²) in [6, 6.07) is 4.67. The fourth-order valence-corrected chi connectivity index (χ4v) is 4.71. The molecule has 1 unspecified atom stereocenters. The highest BCUT2D eigenvalue weighted by Crippen LogP contribution is 2.29. The molecule has 3 aliphatic heterocycles. The van der Waals surface area contributed by atoms with Crippen LogP contribution < -0.4 is 11.1 Å². The van der Waals surface area contributed by atoms with E-state index in [0.29, 0.717) is 61.4 Å². The average Bonchev–Trinajstić information content (AvgIpc) is 3.08. The van der Waals surface area contributed by atoms with Crippen molar-refractivity contribution in [1.82, 2.24) is 20.1 Å². The Labute approximate surface area is 210 Å². The number of halogens is 1. The Morgan fingerprint density at radius 1 is 1.25 bits per heavy atom. The van der Waals surface area contributed by atoms with Crippen LogP contribution in [0.1, 0.15) is 35.2 Å². The van der Waals surface area contributed by atoms with Crippen LogP contribution in [0.25, 0.3) is 0 Å². The number of amides is 1. The molecule has 0 bridgehead atoms. The lowest BCUT2D eigenvalue weighted by atomic mass is 10.0. The first kappa shape index (κ1) is 24.1. The van der Waals surface area contributed by atoms with Crippen LogP contribution in [0.5, 0.6) is 0 Å². The number of ether oxygens (including phenoxy) is 1. The molecule has 0 aromatic heterocycles. The summed E-state index contributed by atoms with van der Waals surface area (Å²) in [7, 11) is 3.68. The maximum absolute atomic E-state index is 15.1. The third-order valence-corrected chi connectivity index (χ3v) is 6.82. The van der Waals surface area contributed by atoms with Gasteiger partial charge in [0.25, 0.3) is 5.91 Å². The molecule has 0 radical (unpaired) electrons.